The smallest absolute Gasteiger partial charge is 0.416 e. The molecular weight excluding hydrogens is 359 g/mol. The van der Waals surface area contributed by atoms with Gasteiger partial charge in [-0.05, 0) is 18.2 Å². The molecule has 1 heterocycles. The van der Waals surface area contributed by atoms with Crippen LogP contribution >= 0.6 is 0 Å². The van der Waals surface area contributed by atoms with E-state index < -0.39 is 41.0 Å². The summed E-state index contributed by atoms with van der Waals surface area (Å²) in [6, 6.07) is 2.26. The van der Waals surface area contributed by atoms with E-state index in [2.05, 4.69) is 10.1 Å². The highest BCUT2D eigenvalue weighted by atomic mass is 19.4. The Morgan fingerprint density at radius 3 is 2.27 bits per heavy atom. The first kappa shape index (κ1) is 19.3. The van der Waals surface area contributed by atoms with Gasteiger partial charge in [0.05, 0.1) is 23.9 Å². The van der Waals surface area contributed by atoms with Gasteiger partial charge < -0.3 is 19.5 Å². The van der Waals surface area contributed by atoms with E-state index in [0.29, 0.717) is 12.1 Å². The second kappa shape index (κ2) is 6.70. The zero-order chi connectivity index (χ0) is 19.7. The molecule has 26 heavy (non-hydrogen) atoms. The van der Waals surface area contributed by atoms with Gasteiger partial charge in [0, 0.05) is 20.0 Å². The molecule has 1 aromatic carbocycles. The quantitative estimate of drug-likeness (QED) is 0.495. The van der Waals surface area contributed by atoms with Crippen molar-refractivity contribution in [3.05, 3.63) is 41.1 Å². The van der Waals surface area contributed by atoms with Crippen molar-refractivity contribution in [2.75, 3.05) is 12.4 Å². The number of halogens is 3. The molecule has 10 heteroatoms. The van der Waals surface area contributed by atoms with Gasteiger partial charge in [-0.2, -0.15) is 13.2 Å². The summed E-state index contributed by atoms with van der Waals surface area (Å²) < 4.78 is 52.9. The molecule has 1 saturated heterocycles. The molecule has 0 aliphatic carbocycles. The number of hydrogen-bond acceptors (Lipinski definition) is 7. The van der Waals surface area contributed by atoms with E-state index in [1.165, 1.54) is 13.8 Å². The van der Waals surface area contributed by atoms with Gasteiger partial charge in [0.25, 0.3) is 5.79 Å². The lowest BCUT2D eigenvalue weighted by atomic mass is 10.1. The third-order valence-electron chi connectivity index (χ3n) is 3.24. The highest BCUT2D eigenvalue weighted by Crippen LogP contribution is 2.32. The summed E-state index contributed by atoms with van der Waals surface area (Å²) in [4.78, 5) is 35.4. The van der Waals surface area contributed by atoms with Crippen molar-refractivity contribution in [1.82, 2.24) is 0 Å². The molecular formula is C16H14F3NO6. The van der Waals surface area contributed by atoms with E-state index in [4.69, 9.17) is 9.47 Å². The normalized spacial score (nSPS) is 16.5. The molecule has 0 aromatic heterocycles. The molecule has 1 N–H and O–H groups in total. The Kier molecular flexibility index (Phi) is 4.97. The molecule has 0 amide bonds. The zero-order valence-electron chi connectivity index (χ0n) is 13.9. The van der Waals surface area contributed by atoms with Crippen molar-refractivity contribution in [2.24, 2.45) is 0 Å². The number of carbonyl (C=O) groups excluding carboxylic acids is 3. The Morgan fingerprint density at radius 1 is 1.19 bits per heavy atom. The van der Waals surface area contributed by atoms with Gasteiger partial charge >= 0.3 is 24.1 Å². The molecule has 0 bridgehead atoms. The SMILES string of the molecule is COC(=O)c1ccc(C(F)(F)F)cc1NC=C1C(=O)OC(C)(C)OC1=O. The lowest BCUT2D eigenvalue weighted by molar-refractivity contribution is -0.222. The van der Waals surface area contributed by atoms with Crippen LogP contribution in [0.1, 0.15) is 29.8 Å². The highest BCUT2D eigenvalue weighted by molar-refractivity contribution is 6.15. The third kappa shape index (κ3) is 4.13. The van der Waals surface area contributed by atoms with Gasteiger partial charge in [0.1, 0.15) is 0 Å². The summed E-state index contributed by atoms with van der Waals surface area (Å²) in [5.41, 5.74) is -2.15. The van der Waals surface area contributed by atoms with Crippen LogP contribution in [-0.2, 0) is 30.0 Å². The number of carbonyl (C=O) groups is 3. The average molecular weight is 373 g/mol. The number of hydrogen-bond donors (Lipinski definition) is 1. The van der Waals surface area contributed by atoms with Crippen LogP contribution in [0.15, 0.2) is 30.0 Å². The van der Waals surface area contributed by atoms with Crippen molar-refractivity contribution >= 4 is 23.6 Å². The molecule has 0 spiro atoms. The Morgan fingerprint density at radius 2 is 1.77 bits per heavy atom. The number of methoxy groups -OCH3 is 1. The van der Waals surface area contributed by atoms with E-state index in [0.717, 1.165) is 19.4 Å². The third-order valence-corrected chi connectivity index (χ3v) is 3.24. The highest BCUT2D eigenvalue weighted by Gasteiger charge is 2.39. The number of esters is 3. The number of cyclic esters (lactones) is 2. The minimum atomic E-state index is -4.66. The number of anilines is 1. The topological polar surface area (TPSA) is 90.9 Å². The molecule has 1 aromatic rings. The molecule has 0 radical (unpaired) electrons. The Balaban J connectivity index is 2.39. The van der Waals surface area contributed by atoms with E-state index in [1.54, 1.807) is 0 Å². The fourth-order valence-electron chi connectivity index (χ4n) is 2.06. The van der Waals surface area contributed by atoms with E-state index in [-0.39, 0.29) is 11.3 Å². The van der Waals surface area contributed by atoms with Gasteiger partial charge in [0.2, 0.25) is 0 Å². The van der Waals surface area contributed by atoms with E-state index in [9.17, 15) is 27.6 Å². The van der Waals surface area contributed by atoms with Crippen molar-refractivity contribution in [1.29, 1.82) is 0 Å². The second-order valence-corrected chi connectivity index (χ2v) is 5.63. The number of rotatable bonds is 3. The number of nitrogens with one attached hydrogen (secondary N) is 1. The van der Waals surface area contributed by atoms with Crippen LogP contribution in [0.4, 0.5) is 18.9 Å². The van der Waals surface area contributed by atoms with E-state index in [1.807, 2.05) is 0 Å². The first-order valence-corrected chi connectivity index (χ1v) is 7.17. The Hall–Kier alpha value is -3.04. The van der Waals surface area contributed by atoms with Crippen LogP contribution in [0.5, 0.6) is 0 Å². The molecule has 1 aliphatic heterocycles. The minimum absolute atomic E-state index is 0.227. The molecule has 0 saturated carbocycles. The monoisotopic (exact) mass is 373 g/mol. The summed E-state index contributed by atoms with van der Waals surface area (Å²) >= 11 is 0. The summed E-state index contributed by atoms with van der Waals surface area (Å²) in [7, 11) is 1.06. The number of ether oxygens (including phenoxy) is 3. The van der Waals surface area contributed by atoms with Crippen LogP contribution in [0.2, 0.25) is 0 Å². The fraction of sp³-hybridized carbons (Fsp3) is 0.312. The van der Waals surface area contributed by atoms with Crippen molar-refractivity contribution in [3.8, 4) is 0 Å². The number of alkyl halides is 3. The summed E-state index contributed by atoms with van der Waals surface area (Å²) in [6.07, 6.45) is -3.85. The first-order chi connectivity index (χ1) is 11.9. The molecule has 0 unspecified atom stereocenters. The largest absolute Gasteiger partial charge is 0.465 e. The van der Waals surface area contributed by atoms with Gasteiger partial charge in [-0.1, -0.05) is 0 Å². The maximum atomic E-state index is 12.9. The summed E-state index contributed by atoms with van der Waals surface area (Å²) in [5.74, 6) is -4.41. The van der Waals surface area contributed by atoms with E-state index >= 15 is 0 Å². The van der Waals surface area contributed by atoms with Crippen LogP contribution in [-0.4, -0.2) is 30.8 Å². The predicted octanol–water partition coefficient (Wildman–Crippen LogP) is 2.62. The minimum Gasteiger partial charge on any atom is -0.465 e. The molecule has 140 valence electrons. The van der Waals surface area contributed by atoms with Gasteiger partial charge in [-0.25, -0.2) is 14.4 Å². The second-order valence-electron chi connectivity index (χ2n) is 5.63. The Labute approximate surface area is 145 Å². The van der Waals surface area contributed by atoms with Crippen molar-refractivity contribution in [3.63, 3.8) is 0 Å². The molecule has 1 fully saturated rings. The summed E-state index contributed by atoms with van der Waals surface area (Å²) in [5, 5.41) is 2.33. The van der Waals surface area contributed by atoms with Crippen molar-refractivity contribution < 1.29 is 41.8 Å². The van der Waals surface area contributed by atoms with Crippen molar-refractivity contribution in [2.45, 2.75) is 25.8 Å². The van der Waals surface area contributed by atoms with Crippen LogP contribution in [0, 0.1) is 0 Å². The van der Waals surface area contributed by atoms with Crippen LogP contribution in [0.3, 0.4) is 0 Å². The zero-order valence-corrected chi connectivity index (χ0v) is 13.9. The van der Waals surface area contributed by atoms with Crippen LogP contribution in [0.25, 0.3) is 0 Å². The maximum absolute atomic E-state index is 12.9. The fourth-order valence-corrected chi connectivity index (χ4v) is 2.06. The summed E-state index contributed by atoms with van der Waals surface area (Å²) in [6.45, 7) is 2.68. The molecule has 0 atom stereocenters. The molecule has 7 nitrogen and oxygen atoms in total. The average Bonchev–Trinajstić information content (AvgIpc) is 2.51. The van der Waals surface area contributed by atoms with Gasteiger partial charge in [-0.3, -0.25) is 0 Å². The number of benzene rings is 1. The molecule has 2 rings (SSSR count). The standard InChI is InChI=1S/C16H14F3NO6/c1-15(2)25-13(22)10(14(23)26-15)7-20-11-6-8(16(17,18)19)4-5-9(11)12(21)24-3/h4-7,20H,1-3H3. The molecule has 1 aliphatic rings. The van der Waals surface area contributed by atoms with Crippen LogP contribution < -0.4 is 5.32 Å². The predicted molar refractivity (Wildman–Crippen MR) is 80.8 cm³/mol. The Bertz CT molecular complexity index is 776. The van der Waals surface area contributed by atoms with Gasteiger partial charge in [0.15, 0.2) is 5.57 Å². The lowest BCUT2D eigenvalue weighted by Crippen LogP contribution is -2.42. The first-order valence-electron chi connectivity index (χ1n) is 7.17. The maximum Gasteiger partial charge on any atom is 0.416 e. The van der Waals surface area contributed by atoms with Gasteiger partial charge in [-0.15, -0.1) is 0 Å². The lowest BCUT2D eigenvalue weighted by Gasteiger charge is -2.29.